The summed E-state index contributed by atoms with van der Waals surface area (Å²) in [5.41, 5.74) is 0. The molecule has 0 fully saturated rings. The van der Waals surface area contributed by atoms with Crippen molar-refractivity contribution in [2.24, 2.45) is 5.92 Å². The van der Waals surface area contributed by atoms with Gasteiger partial charge < -0.3 is 5.11 Å². The number of Topliss-reactive ketones (excluding diaryl/α,β-unsaturated/α-hetero) is 1. The average Bonchev–Trinajstić information content (AvgIpc) is 1.96. The molecule has 0 aromatic rings. The van der Waals surface area contributed by atoms with Crippen LogP contribution in [0.25, 0.3) is 0 Å². The predicted octanol–water partition coefficient (Wildman–Crippen LogP) is 1.86. The molecule has 12 heavy (non-hydrogen) atoms. The van der Waals surface area contributed by atoms with E-state index in [2.05, 4.69) is 0 Å². The topological polar surface area (TPSA) is 54.4 Å². The summed E-state index contributed by atoms with van der Waals surface area (Å²) in [6.07, 6.45) is 2.33. The quantitative estimate of drug-likeness (QED) is 0.665. The van der Waals surface area contributed by atoms with Crippen molar-refractivity contribution in [1.82, 2.24) is 0 Å². The number of carboxylic acids is 1. The van der Waals surface area contributed by atoms with Crippen molar-refractivity contribution in [3.8, 4) is 0 Å². The highest BCUT2D eigenvalue weighted by atomic mass is 16.4. The molecule has 0 saturated carbocycles. The first-order valence-electron chi connectivity index (χ1n) is 4.30. The van der Waals surface area contributed by atoms with Gasteiger partial charge >= 0.3 is 5.97 Å². The normalized spacial score (nSPS) is 12.5. The second kappa shape index (κ2) is 5.75. The molecule has 0 aromatic heterocycles. The van der Waals surface area contributed by atoms with E-state index in [9.17, 15) is 9.59 Å². The summed E-state index contributed by atoms with van der Waals surface area (Å²) < 4.78 is 0. The van der Waals surface area contributed by atoms with Crippen molar-refractivity contribution < 1.29 is 14.7 Å². The molecule has 0 unspecified atom stereocenters. The molecule has 0 rings (SSSR count). The molecular formula is C9H16O3. The number of ketones is 1. The summed E-state index contributed by atoms with van der Waals surface area (Å²) in [5, 5.41) is 8.40. The van der Waals surface area contributed by atoms with E-state index in [1.165, 1.54) is 6.92 Å². The number of hydrogen-bond donors (Lipinski definition) is 1. The van der Waals surface area contributed by atoms with Gasteiger partial charge in [0.1, 0.15) is 5.78 Å². The van der Waals surface area contributed by atoms with Crippen LogP contribution in [0.3, 0.4) is 0 Å². The minimum absolute atomic E-state index is 0.0499. The van der Waals surface area contributed by atoms with E-state index < -0.39 is 5.97 Å². The number of carboxylic acid groups (broad SMARTS) is 1. The van der Waals surface area contributed by atoms with Crippen LogP contribution in [0, 0.1) is 5.92 Å². The van der Waals surface area contributed by atoms with Crippen molar-refractivity contribution in [3.05, 3.63) is 0 Å². The van der Waals surface area contributed by atoms with E-state index in [1.807, 2.05) is 6.92 Å². The Morgan fingerprint density at radius 1 is 1.33 bits per heavy atom. The van der Waals surface area contributed by atoms with Crippen molar-refractivity contribution in [1.29, 1.82) is 0 Å². The second-order valence-corrected chi connectivity index (χ2v) is 3.03. The number of carbonyl (C=O) groups is 2. The summed E-state index contributed by atoms with van der Waals surface area (Å²) in [6, 6.07) is 0. The zero-order valence-corrected chi connectivity index (χ0v) is 7.67. The van der Waals surface area contributed by atoms with Crippen LogP contribution in [0.5, 0.6) is 0 Å². The van der Waals surface area contributed by atoms with Gasteiger partial charge in [0.05, 0.1) is 0 Å². The highest BCUT2D eigenvalue weighted by molar-refractivity contribution is 5.79. The van der Waals surface area contributed by atoms with Gasteiger partial charge in [0.25, 0.3) is 0 Å². The highest BCUT2D eigenvalue weighted by Gasteiger charge is 2.13. The van der Waals surface area contributed by atoms with E-state index in [0.717, 1.165) is 12.8 Å². The number of rotatable bonds is 6. The van der Waals surface area contributed by atoms with Crippen molar-refractivity contribution >= 4 is 11.8 Å². The van der Waals surface area contributed by atoms with Gasteiger partial charge in [-0.3, -0.25) is 9.59 Å². The summed E-state index contributed by atoms with van der Waals surface area (Å²) in [6.45, 7) is 3.53. The third kappa shape index (κ3) is 4.88. The molecule has 0 aliphatic heterocycles. The van der Waals surface area contributed by atoms with Crippen molar-refractivity contribution in [2.45, 2.75) is 39.5 Å². The smallest absolute Gasteiger partial charge is 0.303 e. The van der Waals surface area contributed by atoms with Gasteiger partial charge in [-0.25, -0.2) is 0 Å². The highest BCUT2D eigenvalue weighted by Crippen LogP contribution is 2.14. The number of aliphatic carboxylic acids is 1. The van der Waals surface area contributed by atoms with E-state index in [4.69, 9.17) is 5.11 Å². The Morgan fingerprint density at radius 3 is 2.25 bits per heavy atom. The van der Waals surface area contributed by atoms with Crippen molar-refractivity contribution in [2.75, 3.05) is 0 Å². The molecule has 0 spiro atoms. The molecule has 0 bridgehead atoms. The zero-order chi connectivity index (χ0) is 9.56. The molecule has 0 aliphatic carbocycles. The third-order valence-corrected chi connectivity index (χ3v) is 1.92. The van der Waals surface area contributed by atoms with Crippen LogP contribution in [0.1, 0.15) is 39.5 Å². The molecule has 0 aromatic carbocycles. The van der Waals surface area contributed by atoms with Gasteiger partial charge in [0.2, 0.25) is 0 Å². The van der Waals surface area contributed by atoms with Crippen molar-refractivity contribution in [3.63, 3.8) is 0 Å². The first-order valence-corrected chi connectivity index (χ1v) is 4.30. The maximum absolute atomic E-state index is 11.0. The summed E-state index contributed by atoms with van der Waals surface area (Å²) in [5.74, 6) is -0.762. The molecule has 70 valence electrons. The zero-order valence-electron chi connectivity index (χ0n) is 7.67. The Morgan fingerprint density at radius 2 is 1.92 bits per heavy atom. The average molecular weight is 172 g/mol. The molecule has 0 saturated heterocycles. The Bertz CT molecular complexity index is 163. The minimum atomic E-state index is -0.822. The number of hydrogen-bond acceptors (Lipinski definition) is 2. The van der Waals surface area contributed by atoms with Crippen LogP contribution in [0.4, 0.5) is 0 Å². The molecule has 0 radical (unpaired) electrons. The van der Waals surface area contributed by atoms with Crippen LogP contribution in [0.2, 0.25) is 0 Å². The Balaban J connectivity index is 3.79. The molecule has 3 heteroatoms. The Labute approximate surface area is 72.8 Å². The maximum Gasteiger partial charge on any atom is 0.303 e. The van der Waals surface area contributed by atoms with E-state index in [1.54, 1.807) is 0 Å². The molecule has 0 aliphatic rings. The van der Waals surface area contributed by atoms with Gasteiger partial charge in [-0.1, -0.05) is 13.3 Å². The van der Waals surface area contributed by atoms with Crippen LogP contribution in [-0.4, -0.2) is 16.9 Å². The monoisotopic (exact) mass is 172 g/mol. The van der Waals surface area contributed by atoms with E-state index >= 15 is 0 Å². The standard InChI is InChI=1S/C9H16O3/c1-3-4-8(7(2)10)5-6-9(11)12/h8H,3-6H2,1-2H3,(H,11,12)/t8-/m1/s1. The fourth-order valence-corrected chi connectivity index (χ4v) is 1.20. The van der Waals surface area contributed by atoms with E-state index in [0.29, 0.717) is 6.42 Å². The molecular weight excluding hydrogens is 156 g/mol. The lowest BCUT2D eigenvalue weighted by Crippen LogP contribution is -2.12. The lowest BCUT2D eigenvalue weighted by Gasteiger charge is -2.09. The van der Waals surface area contributed by atoms with Gasteiger partial charge in [-0.05, 0) is 19.8 Å². The first kappa shape index (κ1) is 11.1. The lowest BCUT2D eigenvalue weighted by molar-refractivity contribution is -0.137. The molecule has 1 atom stereocenters. The van der Waals surface area contributed by atoms with Gasteiger partial charge in [-0.15, -0.1) is 0 Å². The molecule has 3 nitrogen and oxygen atoms in total. The first-order chi connectivity index (χ1) is 5.57. The Hall–Kier alpha value is -0.860. The number of carbonyl (C=O) groups excluding carboxylic acids is 1. The molecule has 1 N–H and O–H groups in total. The minimum Gasteiger partial charge on any atom is -0.481 e. The summed E-state index contributed by atoms with van der Waals surface area (Å²) >= 11 is 0. The van der Waals surface area contributed by atoms with Crippen LogP contribution >= 0.6 is 0 Å². The predicted molar refractivity (Wildman–Crippen MR) is 45.9 cm³/mol. The SMILES string of the molecule is CCC[C@H](CCC(=O)O)C(C)=O. The van der Waals surface area contributed by atoms with Gasteiger partial charge in [0, 0.05) is 12.3 Å². The summed E-state index contributed by atoms with van der Waals surface area (Å²) in [4.78, 5) is 21.2. The molecule has 0 heterocycles. The van der Waals surface area contributed by atoms with Crippen LogP contribution in [0.15, 0.2) is 0 Å². The van der Waals surface area contributed by atoms with E-state index in [-0.39, 0.29) is 18.1 Å². The van der Waals surface area contributed by atoms with Crippen LogP contribution in [-0.2, 0) is 9.59 Å². The Kier molecular flexibility index (Phi) is 5.34. The van der Waals surface area contributed by atoms with Gasteiger partial charge in [-0.2, -0.15) is 0 Å². The second-order valence-electron chi connectivity index (χ2n) is 3.03. The van der Waals surface area contributed by atoms with Gasteiger partial charge in [0.15, 0.2) is 0 Å². The van der Waals surface area contributed by atoms with Crippen LogP contribution < -0.4 is 0 Å². The maximum atomic E-state index is 11.0. The fourth-order valence-electron chi connectivity index (χ4n) is 1.20. The summed E-state index contributed by atoms with van der Waals surface area (Å²) in [7, 11) is 0. The largest absolute Gasteiger partial charge is 0.481 e. The fraction of sp³-hybridized carbons (Fsp3) is 0.778. The lowest BCUT2D eigenvalue weighted by atomic mass is 9.94. The third-order valence-electron chi connectivity index (χ3n) is 1.92. The molecule has 0 amide bonds.